The van der Waals surface area contributed by atoms with E-state index in [-0.39, 0.29) is 17.9 Å². The van der Waals surface area contributed by atoms with Crippen molar-refractivity contribution in [1.82, 2.24) is 25.3 Å². The number of benzene rings is 1. The lowest BCUT2D eigenvalue weighted by molar-refractivity contribution is -0.119. The summed E-state index contributed by atoms with van der Waals surface area (Å²) in [5.74, 6) is 2.38. The third-order valence-corrected chi connectivity index (χ3v) is 5.91. The fraction of sp³-hybridized carbons (Fsp3) is 0.409. The minimum absolute atomic E-state index is 0.00973. The van der Waals surface area contributed by atoms with Crippen LogP contribution in [0.25, 0.3) is 10.9 Å². The molecule has 1 aliphatic heterocycles. The molecular weight excluding hydrogens is 428 g/mol. The van der Waals surface area contributed by atoms with Gasteiger partial charge in [-0.05, 0) is 38.3 Å². The molecule has 0 saturated carbocycles. The van der Waals surface area contributed by atoms with Crippen LogP contribution in [-0.2, 0) is 4.79 Å². The largest absolute Gasteiger partial charge is 0.368 e. The molecule has 2 atom stereocenters. The van der Waals surface area contributed by atoms with E-state index in [4.69, 9.17) is 22.3 Å². The van der Waals surface area contributed by atoms with E-state index in [0.717, 1.165) is 41.8 Å². The van der Waals surface area contributed by atoms with Gasteiger partial charge in [0.25, 0.3) is 0 Å². The first-order valence-electron chi connectivity index (χ1n) is 10.6. The zero-order valence-corrected chi connectivity index (χ0v) is 19.1. The highest BCUT2D eigenvalue weighted by molar-refractivity contribution is 6.35. The molecule has 1 aliphatic rings. The molecule has 3 heterocycles. The molecule has 1 amide bonds. The minimum Gasteiger partial charge on any atom is -0.368 e. The molecule has 9 nitrogen and oxygen atoms in total. The van der Waals surface area contributed by atoms with E-state index in [0.29, 0.717) is 29.3 Å². The van der Waals surface area contributed by atoms with Crippen LogP contribution >= 0.6 is 11.6 Å². The van der Waals surface area contributed by atoms with Crippen LogP contribution in [0.4, 0.5) is 17.7 Å². The van der Waals surface area contributed by atoms with Crippen LogP contribution in [0.15, 0.2) is 24.3 Å². The molecule has 0 bridgehead atoms. The van der Waals surface area contributed by atoms with E-state index in [9.17, 15) is 4.79 Å². The number of fused-ring (bicyclic) bond motifs is 1. The molecule has 1 aromatic carbocycles. The second-order valence-corrected chi connectivity index (χ2v) is 8.59. The van der Waals surface area contributed by atoms with Crippen LogP contribution < -0.4 is 21.3 Å². The van der Waals surface area contributed by atoms with Crippen molar-refractivity contribution >= 4 is 46.1 Å². The Morgan fingerprint density at radius 3 is 2.88 bits per heavy atom. The summed E-state index contributed by atoms with van der Waals surface area (Å²) in [7, 11) is 0. The third-order valence-electron chi connectivity index (χ3n) is 5.61. The smallest absolute Gasteiger partial charge is 0.228 e. The Kier molecular flexibility index (Phi) is 6.27. The number of hydrogen-bond donors (Lipinski definition) is 3. The van der Waals surface area contributed by atoms with Gasteiger partial charge in [0.1, 0.15) is 11.6 Å². The van der Waals surface area contributed by atoms with Crippen LogP contribution in [-0.4, -0.2) is 45.5 Å². The SMILES string of the molecule is CC(=O)NC[C@H]1CCN(c2nc3c(Cl)cccc3cc2[C@H](C)Nc2nc(C)nc(N)n2)C1. The van der Waals surface area contributed by atoms with Crippen LogP contribution in [0.2, 0.25) is 5.02 Å². The van der Waals surface area contributed by atoms with Gasteiger partial charge < -0.3 is 21.3 Å². The Hall–Kier alpha value is -3.20. The molecule has 3 aromatic rings. The number of anilines is 3. The number of hydrogen-bond acceptors (Lipinski definition) is 8. The number of nitrogen functional groups attached to an aromatic ring is 1. The lowest BCUT2D eigenvalue weighted by Gasteiger charge is -2.25. The molecule has 0 radical (unpaired) electrons. The standard InChI is InChI=1S/C22H27ClN8O/c1-12(26-22-28-13(2)27-21(24)30-22)17-9-16-5-4-6-18(23)19(16)29-20(17)31-8-7-15(11-31)10-25-14(3)32/h4-6,9,12,15H,7-8,10-11H2,1-3H3,(H,25,32)(H3,24,26,27,28,30)/t12-,15+/m0/s1. The summed E-state index contributed by atoms with van der Waals surface area (Å²) in [6.45, 7) is 7.67. The molecule has 1 saturated heterocycles. The van der Waals surface area contributed by atoms with E-state index in [1.807, 2.05) is 25.1 Å². The predicted molar refractivity (Wildman–Crippen MR) is 127 cm³/mol. The van der Waals surface area contributed by atoms with Gasteiger partial charge in [-0.1, -0.05) is 23.7 Å². The Bertz CT molecular complexity index is 1130. The van der Waals surface area contributed by atoms with Gasteiger partial charge in [-0.15, -0.1) is 0 Å². The number of nitrogens with two attached hydrogens (primary N) is 1. The number of carbonyl (C=O) groups is 1. The van der Waals surface area contributed by atoms with Crippen molar-refractivity contribution in [3.05, 3.63) is 40.7 Å². The van der Waals surface area contributed by atoms with Gasteiger partial charge in [-0.3, -0.25) is 4.79 Å². The number of aryl methyl sites for hydroxylation is 1. The maximum Gasteiger partial charge on any atom is 0.228 e. The van der Waals surface area contributed by atoms with Crippen LogP contribution in [0.1, 0.15) is 37.7 Å². The average Bonchev–Trinajstić information content (AvgIpc) is 3.20. The number of rotatable bonds is 6. The molecule has 168 valence electrons. The number of amides is 1. The highest BCUT2D eigenvalue weighted by Gasteiger charge is 2.27. The van der Waals surface area contributed by atoms with Gasteiger partial charge in [0.15, 0.2) is 0 Å². The number of aromatic nitrogens is 4. The fourth-order valence-electron chi connectivity index (χ4n) is 4.06. The number of para-hydroxylation sites is 1. The van der Waals surface area contributed by atoms with Crippen molar-refractivity contribution in [3.8, 4) is 0 Å². The monoisotopic (exact) mass is 454 g/mol. The molecule has 0 aliphatic carbocycles. The first-order chi connectivity index (χ1) is 15.3. The van der Waals surface area contributed by atoms with Gasteiger partial charge in [0, 0.05) is 37.5 Å². The van der Waals surface area contributed by atoms with E-state index in [1.165, 1.54) is 0 Å². The quantitative estimate of drug-likeness (QED) is 0.519. The summed E-state index contributed by atoms with van der Waals surface area (Å²) in [6.07, 6.45) is 0.979. The Morgan fingerprint density at radius 1 is 1.31 bits per heavy atom. The van der Waals surface area contributed by atoms with Crippen molar-refractivity contribution in [3.63, 3.8) is 0 Å². The maximum absolute atomic E-state index is 11.3. The van der Waals surface area contributed by atoms with Gasteiger partial charge in [-0.2, -0.15) is 15.0 Å². The van der Waals surface area contributed by atoms with E-state index in [2.05, 4.69) is 36.6 Å². The van der Waals surface area contributed by atoms with Crippen molar-refractivity contribution in [2.75, 3.05) is 35.6 Å². The predicted octanol–water partition coefficient (Wildman–Crippen LogP) is 3.10. The first kappa shape index (κ1) is 22.0. The molecule has 4 N–H and O–H groups in total. The van der Waals surface area contributed by atoms with E-state index >= 15 is 0 Å². The van der Waals surface area contributed by atoms with Gasteiger partial charge >= 0.3 is 0 Å². The molecule has 32 heavy (non-hydrogen) atoms. The number of nitrogens with one attached hydrogen (secondary N) is 2. The number of nitrogens with zero attached hydrogens (tertiary/aromatic N) is 5. The van der Waals surface area contributed by atoms with Crippen molar-refractivity contribution < 1.29 is 4.79 Å². The maximum atomic E-state index is 11.3. The van der Waals surface area contributed by atoms with Crippen LogP contribution in [0, 0.1) is 12.8 Å². The second-order valence-electron chi connectivity index (χ2n) is 8.18. The summed E-state index contributed by atoms with van der Waals surface area (Å²) in [5, 5.41) is 7.84. The van der Waals surface area contributed by atoms with Gasteiger partial charge in [0.2, 0.25) is 17.8 Å². The van der Waals surface area contributed by atoms with Gasteiger partial charge in [0.05, 0.1) is 16.6 Å². The zero-order valence-electron chi connectivity index (χ0n) is 18.4. The van der Waals surface area contributed by atoms with Gasteiger partial charge in [-0.25, -0.2) is 4.98 Å². The zero-order chi connectivity index (χ0) is 22.8. The summed E-state index contributed by atoms with van der Waals surface area (Å²) >= 11 is 6.46. The average molecular weight is 455 g/mol. The Labute approximate surface area is 191 Å². The molecule has 0 spiro atoms. The van der Waals surface area contributed by atoms with Crippen LogP contribution in [0.5, 0.6) is 0 Å². The third kappa shape index (κ3) is 4.83. The normalized spacial score (nSPS) is 16.9. The minimum atomic E-state index is -0.142. The molecular formula is C22H27ClN8O. The Balaban J connectivity index is 1.68. The molecule has 0 unspecified atom stereocenters. The van der Waals surface area contributed by atoms with Crippen molar-refractivity contribution in [1.29, 1.82) is 0 Å². The number of pyridine rings is 1. The number of carbonyl (C=O) groups excluding carboxylic acids is 1. The number of halogens is 1. The van der Waals surface area contributed by atoms with E-state index < -0.39 is 0 Å². The van der Waals surface area contributed by atoms with Crippen molar-refractivity contribution in [2.24, 2.45) is 5.92 Å². The first-order valence-corrected chi connectivity index (χ1v) is 11.0. The highest BCUT2D eigenvalue weighted by atomic mass is 35.5. The van der Waals surface area contributed by atoms with Crippen LogP contribution in [0.3, 0.4) is 0 Å². The van der Waals surface area contributed by atoms with E-state index in [1.54, 1.807) is 13.8 Å². The summed E-state index contributed by atoms with van der Waals surface area (Å²) in [6, 6.07) is 7.74. The molecule has 10 heteroatoms. The summed E-state index contributed by atoms with van der Waals surface area (Å²) < 4.78 is 0. The Morgan fingerprint density at radius 2 is 2.12 bits per heavy atom. The molecule has 1 fully saturated rings. The second kappa shape index (κ2) is 9.12. The van der Waals surface area contributed by atoms with Crippen molar-refractivity contribution in [2.45, 2.75) is 33.2 Å². The highest BCUT2D eigenvalue weighted by Crippen LogP contribution is 2.34. The topological polar surface area (TPSA) is 122 Å². The summed E-state index contributed by atoms with van der Waals surface area (Å²) in [5.41, 5.74) is 7.57. The molecule has 4 rings (SSSR count). The summed E-state index contributed by atoms with van der Waals surface area (Å²) in [4.78, 5) is 31.1. The lowest BCUT2D eigenvalue weighted by Crippen LogP contribution is -2.30. The lowest BCUT2D eigenvalue weighted by atomic mass is 10.1. The fourth-order valence-corrected chi connectivity index (χ4v) is 4.28. The molecule has 2 aromatic heterocycles.